The smallest absolute Gasteiger partial charge is 0.336 e. The first-order chi connectivity index (χ1) is 12.2. The van der Waals surface area contributed by atoms with E-state index in [2.05, 4.69) is 26.8 Å². The van der Waals surface area contributed by atoms with Crippen molar-refractivity contribution in [1.29, 1.82) is 0 Å². The summed E-state index contributed by atoms with van der Waals surface area (Å²) in [6.07, 6.45) is 5.07. The highest BCUT2D eigenvalue weighted by molar-refractivity contribution is 5.89. The molecule has 0 saturated carbocycles. The van der Waals surface area contributed by atoms with Crippen LogP contribution in [0.2, 0.25) is 0 Å². The molecule has 6 nitrogen and oxygen atoms in total. The molecule has 0 amide bonds. The fourth-order valence-corrected chi connectivity index (χ4v) is 3.16. The number of benzene rings is 1. The van der Waals surface area contributed by atoms with Crippen molar-refractivity contribution in [2.75, 3.05) is 25.0 Å². The molecule has 1 aromatic carbocycles. The first-order valence-electron chi connectivity index (χ1n) is 8.40. The lowest BCUT2D eigenvalue weighted by molar-refractivity contribution is 0.0694. The minimum Gasteiger partial charge on any atom is -0.478 e. The number of carboxylic acids is 1. The summed E-state index contributed by atoms with van der Waals surface area (Å²) in [6.45, 7) is 6.71. The Morgan fingerprint density at radius 1 is 1.28 bits per heavy atom. The monoisotopic (exact) mass is 338 g/mol. The maximum atomic E-state index is 11.4. The molecule has 0 atom stereocenters. The molecule has 3 rings (SSSR count). The minimum atomic E-state index is -0.879. The van der Waals surface area contributed by atoms with Crippen molar-refractivity contribution < 1.29 is 9.90 Å². The molecular weight excluding hydrogens is 316 g/mol. The number of nitrogens with one attached hydrogen (secondary N) is 1. The van der Waals surface area contributed by atoms with Gasteiger partial charge in [-0.2, -0.15) is 0 Å². The van der Waals surface area contributed by atoms with E-state index in [0.717, 1.165) is 48.6 Å². The van der Waals surface area contributed by atoms with Crippen LogP contribution < -0.4 is 5.32 Å². The summed E-state index contributed by atoms with van der Waals surface area (Å²) < 4.78 is 0. The Morgan fingerprint density at radius 3 is 2.88 bits per heavy atom. The summed E-state index contributed by atoms with van der Waals surface area (Å²) >= 11 is 0. The third-order valence-corrected chi connectivity index (χ3v) is 4.43. The highest BCUT2D eigenvalue weighted by Crippen LogP contribution is 2.22. The average Bonchev–Trinajstić information content (AvgIpc) is 2.83. The van der Waals surface area contributed by atoms with E-state index in [9.17, 15) is 9.90 Å². The molecule has 25 heavy (non-hydrogen) atoms. The van der Waals surface area contributed by atoms with Gasteiger partial charge in [0, 0.05) is 38.2 Å². The Balaban J connectivity index is 1.75. The van der Waals surface area contributed by atoms with Crippen LogP contribution in [0.1, 0.15) is 27.2 Å². The van der Waals surface area contributed by atoms with Crippen LogP contribution in [0.5, 0.6) is 0 Å². The molecule has 1 aliphatic rings. The van der Waals surface area contributed by atoms with Gasteiger partial charge in [-0.3, -0.25) is 4.90 Å². The number of aromatic nitrogens is 2. The van der Waals surface area contributed by atoms with E-state index in [4.69, 9.17) is 0 Å². The van der Waals surface area contributed by atoms with Crippen molar-refractivity contribution in [3.63, 3.8) is 0 Å². The van der Waals surface area contributed by atoms with Crippen LogP contribution in [0.4, 0.5) is 5.82 Å². The second-order valence-electron chi connectivity index (χ2n) is 6.06. The van der Waals surface area contributed by atoms with E-state index in [-0.39, 0.29) is 0 Å². The Labute approximate surface area is 147 Å². The zero-order valence-electron chi connectivity index (χ0n) is 14.1. The van der Waals surface area contributed by atoms with Gasteiger partial charge >= 0.3 is 5.97 Å². The number of aromatic carboxylic acids is 1. The summed E-state index contributed by atoms with van der Waals surface area (Å²) in [6, 6.07) is 7.20. The van der Waals surface area contributed by atoms with Gasteiger partial charge < -0.3 is 10.4 Å². The minimum absolute atomic E-state index is 0.373. The van der Waals surface area contributed by atoms with Crippen molar-refractivity contribution in [2.45, 2.75) is 19.4 Å². The highest BCUT2D eigenvalue weighted by atomic mass is 16.4. The molecule has 2 aromatic rings. The molecule has 6 heteroatoms. The van der Waals surface area contributed by atoms with Gasteiger partial charge in [-0.1, -0.05) is 24.3 Å². The number of carbonyl (C=O) groups is 1. The Bertz CT molecular complexity index is 776. The SMILES string of the molecule is C=CCNc1ncnc2c1CCN(Cc1ccccc1C(=O)O)CC2. The van der Waals surface area contributed by atoms with E-state index in [0.29, 0.717) is 18.7 Å². The van der Waals surface area contributed by atoms with Crippen LogP contribution in [0.25, 0.3) is 0 Å². The van der Waals surface area contributed by atoms with Crippen LogP contribution in [-0.2, 0) is 19.4 Å². The largest absolute Gasteiger partial charge is 0.478 e. The van der Waals surface area contributed by atoms with Crippen molar-refractivity contribution in [3.05, 3.63) is 65.6 Å². The maximum absolute atomic E-state index is 11.4. The number of fused-ring (bicyclic) bond motifs is 1. The molecule has 0 fully saturated rings. The molecule has 0 bridgehead atoms. The van der Waals surface area contributed by atoms with E-state index >= 15 is 0 Å². The number of rotatable bonds is 6. The number of hydrogen-bond acceptors (Lipinski definition) is 5. The zero-order valence-corrected chi connectivity index (χ0v) is 14.1. The van der Waals surface area contributed by atoms with E-state index in [1.807, 2.05) is 12.1 Å². The van der Waals surface area contributed by atoms with Gasteiger partial charge in [0.1, 0.15) is 12.1 Å². The molecular formula is C19H22N4O2. The van der Waals surface area contributed by atoms with Crippen LogP contribution in [-0.4, -0.2) is 45.6 Å². The fraction of sp³-hybridized carbons (Fsp3) is 0.316. The van der Waals surface area contributed by atoms with Gasteiger partial charge in [-0.25, -0.2) is 14.8 Å². The van der Waals surface area contributed by atoms with E-state index in [1.165, 1.54) is 0 Å². The highest BCUT2D eigenvalue weighted by Gasteiger charge is 2.20. The lowest BCUT2D eigenvalue weighted by Gasteiger charge is -2.20. The summed E-state index contributed by atoms with van der Waals surface area (Å²) in [7, 11) is 0. The number of anilines is 1. The van der Waals surface area contributed by atoms with Crippen molar-refractivity contribution in [1.82, 2.24) is 14.9 Å². The standard InChI is InChI=1S/C19H22N4O2/c1-2-9-20-18-16-7-10-23(11-8-17(16)21-13-22-18)12-14-5-3-4-6-15(14)19(24)25/h2-6,13H,1,7-12H2,(H,24,25)(H,20,21,22). The molecule has 0 radical (unpaired) electrons. The maximum Gasteiger partial charge on any atom is 0.336 e. The molecule has 0 unspecified atom stereocenters. The molecule has 1 aliphatic heterocycles. The van der Waals surface area contributed by atoms with Crippen molar-refractivity contribution in [2.24, 2.45) is 0 Å². The van der Waals surface area contributed by atoms with Crippen LogP contribution in [0.15, 0.2) is 43.2 Å². The zero-order chi connectivity index (χ0) is 17.6. The number of carboxylic acid groups (broad SMARTS) is 1. The third kappa shape index (κ3) is 4.03. The number of nitrogens with zero attached hydrogens (tertiary/aromatic N) is 3. The normalized spacial score (nSPS) is 14.4. The molecule has 1 aromatic heterocycles. The van der Waals surface area contributed by atoms with Crippen molar-refractivity contribution >= 4 is 11.8 Å². The van der Waals surface area contributed by atoms with Gasteiger partial charge in [0.05, 0.1) is 11.3 Å². The predicted molar refractivity (Wildman–Crippen MR) is 96.8 cm³/mol. The van der Waals surface area contributed by atoms with Crippen LogP contribution in [0.3, 0.4) is 0 Å². The summed E-state index contributed by atoms with van der Waals surface area (Å²) in [5.74, 6) is -0.00632. The Morgan fingerprint density at radius 2 is 2.08 bits per heavy atom. The van der Waals surface area contributed by atoms with Gasteiger partial charge in [0.25, 0.3) is 0 Å². The lowest BCUT2D eigenvalue weighted by Crippen LogP contribution is -2.27. The fourth-order valence-electron chi connectivity index (χ4n) is 3.16. The van der Waals surface area contributed by atoms with Crippen LogP contribution in [0, 0.1) is 0 Å². The second-order valence-corrected chi connectivity index (χ2v) is 6.06. The molecule has 0 aliphatic carbocycles. The number of hydrogen-bond donors (Lipinski definition) is 2. The summed E-state index contributed by atoms with van der Waals surface area (Å²) in [4.78, 5) is 22.5. The average molecular weight is 338 g/mol. The summed E-state index contributed by atoms with van der Waals surface area (Å²) in [5.41, 5.74) is 3.43. The van der Waals surface area contributed by atoms with Crippen molar-refractivity contribution in [3.8, 4) is 0 Å². The van der Waals surface area contributed by atoms with E-state index < -0.39 is 5.97 Å². The first-order valence-corrected chi connectivity index (χ1v) is 8.40. The molecule has 130 valence electrons. The lowest BCUT2D eigenvalue weighted by atomic mass is 10.1. The predicted octanol–water partition coefficient (Wildman–Crippen LogP) is 2.37. The third-order valence-electron chi connectivity index (χ3n) is 4.43. The van der Waals surface area contributed by atoms with Gasteiger partial charge in [-0.05, 0) is 18.1 Å². The van der Waals surface area contributed by atoms with Crippen LogP contribution >= 0.6 is 0 Å². The van der Waals surface area contributed by atoms with Gasteiger partial charge in [0.2, 0.25) is 0 Å². The first kappa shape index (κ1) is 17.1. The quantitative estimate of drug-likeness (QED) is 0.788. The Kier molecular flexibility index (Phi) is 5.40. The molecule has 0 spiro atoms. The second kappa shape index (κ2) is 7.90. The van der Waals surface area contributed by atoms with Gasteiger partial charge in [-0.15, -0.1) is 6.58 Å². The molecule has 0 saturated heterocycles. The molecule has 2 N–H and O–H groups in total. The summed E-state index contributed by atoms with van der Waals surface area (Å²) in [5, 5.41) is 12.6. The molecule has 2 heterocycles. The van der Waals surface area contributed by atoms with Gasteiger partial charge in [0.15, 0.2) is 0 Å². The Hall–Kier alpha value is -2.73. The van der Waals surface area contributed by atoms with E-state index in [1.54, 1.807) is 24.5 Å². The topological polar surface area (TPSA) is 78.4 Å².